The highest BCUT2D eigenvalue weighted by Crippen LogP contribution is 2.15. The zero-order valence-corrected chi connectivity index (χ0v) is 13.3. The Bertz CT molecular complexity index is 500. The number of hydrogen-bond acceptors (Lipinski definition) is 3. The number of nitrogens with zero attached hydrogens (tertiary/aromatic N) is 1. The standard InChI is InChI=1S/C15H22N2O2S/c1-15(2,19-4)9-13(18)17(3)10-11-6-5-7-12(8-11)14(16)20/h5-8H,9-10H2,1-4H3,(H2,16,20). The van der Waals surface area contributed by atoms with Crippen molar-refractivity contribution >= 4 is 23.1 Å². The molecular formula is C15H22N2O2S. The molecule has 0 aliphatic carbocycles. The highest BCUT2D eigenvalue weighted by molar-refractivity contribution is 7.80. The third-order valence-corrected chi connectivity index (χ3v) is 3.42. The van der Waals surface area contributed by atoms with Crippen molar-refractivity contribution in [2.24, 2.45) is 5.73 Å². The second-order valence-corrected chi connectivity index (χ2v) is 5.89. The molecular weight excluding hydrogens is 272 g/mol. The van der Waals surface area contributed by atoms with Crippen LogP contribution in [-0.4, -0.2) is 35.6 Å². The quantitative estimate of drug-likeness (QED) is 0.816. The van der Waals surface area contributed by atoms with E-state index in [9.17, 15) is 4.79 Å². The molecule has 0 saturated heterocycles. The van der Waals surface area contributed by atoms with Gasteiger partial charge >= 0.3 is 0 Å². The Morgan fingerprint density at radius 1 is 1.45 bits per heavy atom. The first-order valence-corrected chi connectivity index (χ1v) is 6.84. The molecule has 2 N–H and O–H groups in total. The molecule has 0 radical (unpaired) electrons. The van der Waals surface area contributed by atoms with Crippen LogP contribution in [0.3, 0.4) is 0 Å². The number of carbonyl (C=O) groups excluding carboxylic acids is 1. The van der Waals surface area contributed by atoms with E-state index < -0.39 is 5.60 Å². The van der Waals surface area contributed by atoms with Crippen molar-refractivity contribution < 1.29 is 9.53 Å². The lowest BCUT2D eigenvalue weighted by molar-refractivity contribution is -0.135. The summed E-state index contributed by atoms with van der Waals surface area (Å²) >= 11 is 4.95. The molecule has 0 heterocycles. The van der Waals surface area contributed by atoms with Gasteiger partial charge in [-0.25, -0.2) is 0 Å². The number of thiocarbonyl (C=S) groups is 1. The van der Waals surface area contributed by atoms with E-state index in [1.165, 1.54) is 0 Å². The minimum Gasteiger partial charge on any atom is -0.389 e. The van der Waals surface area contributed by atoms with Gasteiger partial charge in [0.1, 0.15) is 4.99 Å². The Labute approximate surface area is 125 Å². The van der Waals surface area contributed by atoms with Crippen LogP contribution < -0.4 is 5.73 Å². The van der Waals surface area contributed by atoms with Crippen molar-refractivity contribution in [3.8, 4) is 0 Å². The smallest absolute Gasteiger partial charge is 0.225 e. The van der Waals surface area contributed by atoms with E-state index in [0.717, 1.165) is 11.1 Å². The topological polar surface area (TPSA) is 55.6 Å². The molecule has 4 nitrogen and oxygen atoms in total. The summed E-state index contributed by atoms with van der Waals surface area (Å²) in [5.74, 6) is 0.0394. The second kappa shape index (κ2) is 6.81. The monoisotopic (exact) mass is 294 g/mol. The van der Waals surface area contributed by atoms with Gasteiger partial charge in [-0.05, 0) is 25.5 Å². The fourth-order valence-corrected chi connectivity index (χ4v) is 1.88. The largest absolute Gasteiger partial charge is 0.389 e. The number of hydrogen-bond donors (Lipinski definition) is 1. The van der Waals surface area contributed by atoms with Crippen molar-refractivity contribution in [2.45, 2.75) is 32.4 Å². The van der Waals surface area contributed by atoms with Gasteiger partial charge in [0.2, 0.25) is 5.91 Å². The summed E-state index contributed by atoms with van der Waals surface area (Å²) in [6.07, 6.45) is 0.342. The summed E-state index contributed by atoms with van der Waals surface area (Å²) in [4.78, 5) is 14.2. The minimum absolute atomic E-state index is 0.0394. The zero-order valence-electron chi connectivity index (χ0n) is 12.5. The zero-order chi connectivity index (χ0) is 15.3. The fourth-order valence-electron chi connectivity index (χ4n) is 1.76. The molecule has 0 aromatic heterocycles. The molecule has 20 heavy (non-hydrogen) atoms. The predicted octanol–water partition coefficient (Wildman–Crippen LogP) is 2.09. The highest BCUT2D eigenvalue weighted by Gasteiger charge is 2.23. The van der Waals surface area contributed by atoms with Gasteiger partial charge in [0.25, 0.3) is 0 Å². The maximum absolute atomic E-state index is 12.1. The number of nitrogens with two attached hydrogens (primary N) is 1. The number of rotatable bonds is 6. The third kappa shape index (κ3) is 4.90. The molecule has 0 aliphatic rings. The summed E-state index contributed by atoms with van der Waals surface area (Å²) in [6, 6.07) is 7.61. The summed E-state index contributed by atoms with van der Waals surface area (Å²) in [6.45, 7) is 4.31. The first-order chi connectivity index (χ1) is 9.25. The molecule has 1 aromatic carbocycles. The molecule has 0 spiro atoms. The van der Waals surface area contributed by atoms with Gasteiger partial charge in [-0.1, -0.05) is 30.4 Å². The Kier molecular flexibility index (Phi) is 5.65. The van der Waals surface area contributed by atoms with Gasteiger partial charge in [-0.15, -0.1) is 0 Å². The average Bonchev–Trinajstić information content (AvgIpc) is 2.38. The molecule has 0 aliphatic heterocycles. The number of ether oxygens (including phenoxy) is 1. The number of benzene rings is 1. The van der Waals surface area contributed by atoms with Crippen LogP contribution in [0, 0.1) is 0 Å². The van der Waals surface area contributed by atoms with Crippen LogP contribution in [0.25, 0.3) is 0 Å². The number of amides is 1. The lowest BCUT2D eigenvalue weighted by Gasteiger charge is -2.26. The summed E-state index contributed by atoms with van der Waals surface area (Å²) in [7, 11) is 3.39. The molecule has 0 bridgehead atoms. The molecule has 0 atom stereocenters. The Balaban J connectivity index is 2.71. The predicted molar refractivity (Wildman–Crippen MR) is 84.5 cm³/mol. The van der Waals surface area contributed by atoms with E-state index in [0.29, 0.717) is 18.0 Å². The summed E-state index contributed by atoms with van der Waals surface area (Å²) in [5.41, 5.74) is 6.97. The van der Waals surface area contributed by atoms with Crippen molar-refractivity contribution in [3.63, 3.8) is 0 Å². The maximum atomic E-state index is 12.1. The lowest BCUT2D eigenvalue weighted by atomic mass is 10.0. The molecule has 1 aromatic rings. The van der Waals surface area contributed by atoms with E-state index in [-0.39, 0.29) is 5.91 Å². The molecule has 1 amide bonds. The molecule has 110 valence electrons. The summed E-state index contributed by atoms with van der Waals surface area (Å²) in [5, 5.41) is 0. The first-order valence-electron chi connectivity index (χ1n) is 6.43. The maximum Gasteiger partial charge on any atom is 0.225 e. The van der Waals surface area contributed by atoms with Crippen LogP contribution in [0.1, 0.15) is 31.4 Å². The Morgan fingerprint density at radius 3 is 2.65 bits per heavy atom. The fraction of sp³-hybridized carbons (Fsp3) is 0.467. The van der Waals surface area contributed by atoms with Gasteiger partial charge in [0.05, 0.1) is 12.0 Å². The molecule has 0 saturated carbocycles. The van der Waals surface area contributed by atoms with Crippen LogP contribution in [0.2, 0.25) is 0 Å². The van der Waals surface area contributed by atoms with Gasteiger partial charge < -0.3 is 15.4 Å². The Morgan fingerprint density at radius 2 is 2.10 bits per heavy atom. The SMILES string of the molecule is COC(C)(C)CC(=O)N(C)Cc1cccc(C(N)=S)c1. The van der Waals surface area contributed by atoms with Crippen LogP contribution in [0.15, 0.2) is 24.3 Å². The number of carbonyl (C=O) groups is 1. The van der Waals surface area contributed by atoms with Crippen LogP contribution in [-0.2, 0) is 16.1 Å². The highest BCUT2D eigenvalue weighted by atomic mass is 32.1. The van der Waals surface area contributed by atoms with Crippen molar-refractivity contribution in [3.05, 3.63) is 35.4 Å². The van der Waals surface area contributed by atoms with E-state index in [2.05, 4.69) is 0 Å². The van der Waals surface area contributed by atoms with E-state index in [4.69, 9.17) is 22.7 Å². The van der Waals surface area contributed by atoms with Crippen LogP contribution in [0.5, 0.6) is 0 Å². The third-order valence-electron chi connectivity index (χ3n) is 3.19. The number of methoxy groups -OCH3 is 1. The van der Waals surface area contributed by atoms with Gasteiger partial charge in [-0.2, -0.15) is 0 Å². The first kappa shape index (κ1) is 16.6. The van der Waals surface area contributed by atoms with Crippen LogP contribution >= 0.6 is 12.2 Å². The molecule has 5 heteroatoms. The summed E-state index contributed by atoms with van der Waals surface area (Å²) < 4.78 is 5.28. The van der Waals surface area contributed by atoms with Crippen molar-refractivity contribution in [1.82, 2.24) is 4.90 Å². The second-order valence-electron chi connectivity index (χ2n) is 5.46. The average molecular weight is 294 g/mol. The molecule has 0 unspecified atom stereocenters. The Hall–Kier alpha value is -1.46. The van der Waals surface area contributed by atoms with E-state index in [1.807, 2.05) is 38.1 Å². The van der Waals surface area contributed by atoms with Gasteiger partial charge in [-0.3, -0.25) is 4.79 Å². The minimum atomic E-state index is -0.452. The van der Waals surface area contributed by atoms with E-state index in [1.54, 1.807) is 19.1 Å². The van der Waals surface area contributed by atoms with Crippen molar-refractivity contribution in [1.29, 1.82) is 0 Å². The van der Waals surface area contributed by atoms with E-state index >= 15 is 0 Å². The van der Waals surface area contributed by atoms with Gasteiger partial charge in [0, 0.05) is 26.3 Å². The molecule has 1 rings (SSSR count). The lowest BCUT2D eigenvalue weighted by Crippen LogP contribution is -2.34. The normalized spacial score (nSPS) is 11.2. The van der Waals surface area contributed by atoms with Crippen molar-refractivity contribution in [2.75, 3.05) is 14.2 Å². The van der Waals surface area contributed by atoms with Gasteiger partial charge in [0.15, 0.2) is 0 Å². The van der Waals surface area contributed by atoms with Crippen LogP contribution in [0.4, 0.5) is 0 Å². The molecule has 0 fully saturated rings.